The van der Waals surface area contributed by atoms with E-state index < -0.39 is 5.97 Å². The number of carboxylic acid groups (broad SMARTS) is 1. The van der Waals surface area contributed by atoms with E-state index >= 15 is 0 Å². The maximum atomic E-state index is 12.1. The molecule has 1 unspecified atom stereocenters. The molecule has 23 heavy (non-hydrogen) atoms. The molecule has 1 aromatic heterocycles. The molecule has 2 heterocycles. The van der Waals surface area contributed by atoms with E-state index in [0.717, 1.165) is 17.0 Å². The summed E-state index contributed by atoms with van der Waals surface area (Å²) in [5.41, 5.74) is 1.01. The Hall–Kier alpha value is -2.41. The predicted molar refractivity (Wildman–Crippen MR) is 84.6 cm³/mol. The second-order valence-electron chi connectivity index (χ2n) is 5.35. The van der Waals surface area contributed by atoms with Crippen molar-refractivity contribution >= 4 is 23.4 Å². The van der Waals surface area contributed by atoms with Gasteiger partial charge in [0.2, 0.25) is 0 Å². The third-order valence-corrected chi connectivity index (χ3v) is 4.75. The summed E-state index contributed by atoms with van der Waals surface area (Å²) in [5, 5.41) is 11.2. The van der Waals surface area contributed by atoms with Gasteiger partial charge in [-0.3, -0.25) is 0 Å². The van der Waals surface area contributed by atoms with Crippen molar-refractivity contribution in [3.05, 3.63) is 52.0 Å². The second-order valence-corrected chi connectivity index (χ2v) is 6.24. The first-order chi connectivity index (χ1) is 11.1. The molecule has 1 fully saturated rings. The molecule has 0 saturated carbocycles. The number of thiazole rings is 1. The number of carboxylic acids is 1. The number of amides is 1. The molecule has 7 heteroatoms. The Balaban J connectivity index is 1.54. The molecule has 1 atom stereocenters. The predicted octanol–water partition coefficient (Wildman–Crippen LogP) is 2.97. The number of ether oxygens (including phenoxy) is 1. The quantitative estimate of drug-likeness (QED) is 0.931. The minimum absolute atomic E-state index is 0.0649. The lowest BCUT2D eigenvalue weighted by molar-refractivity contribution is 0.0690. The molecular formula is C16H16N2O4S. The summed E-state index contributed by atoms with van der Waals surface area (Å²) in [6, 6.07) is 9.52. The first-order valence-corrected chi connectivity index (χ1v) is 8.16. The van der Waals surface area contributed by atoms with E-state index in [-0.39, 0.29) is 24.3 Å². The smallest absolute Gasteiger partial charge is 0.410 e. The zero-order valence-electron chi connectivity index (χ0n) is 12.3. The van der Waals surface area contributed by atoms with Crippen LogP contribution in [-0.4, -0.2) is 40.1 Å². The largest absolute Gasteiger partial charge is 0.476 e. The van der Waals surface area contributed by atoms with Crippen molar-refractivity contribution in [2.75, 3.05) is 13.1 Å². The maximum absolute atomic E-state index is 12.1. The zero-order chi connectivity index (χ0) is 16.2. The van der Waals surface area contributed by atoms with Gasteiger partial charge in [-0.05, 0) is 12.0 Å². The first kappa shape index (κ1) is 15.5. The van der Waals surface area contributed by atoms with E-state index in [1.54, 1.807) is 4.90 Å². The van der Waals surface area contributed by atoms with Crippen molar-refractivity contribution in [2.24, 2.45) is 0 Å². The van der Waals surface area contributed by atoms with Crippen LogP contribution in [0.25, 0.3) is 0 Å². The highest BCUT2D eigenvalue weighted by Crippen LogP contribution is 2.30. The fraction of sp³-hybridized carbons (Fsp3) is 0.312. The van der Waals surface area contributed by atoms with E-state index in [9.17, 15) is 9.59 Å². The van der Waals surface area contributed by atoms with Crippen molar-refractivity contribution in [2.45, 2.75) is 18.9 Å². The third-order valence-electron chi connectivity index (χ3n) is 3.74. The molecule has 0 radical (unpaired) electrons. The summed E-state index contributed by atoms with van der Waals surface area (Å²) in [6.07, 6.45) is 0.430. The van der Waals surface area contributed by atoms with Crippen LogP contribution in [0.3, 0.4) is 0 Å². The molecule has 0 bridgehead atoms. The zero-order valence-corrected chi connectivity index (χ0v) is 13.2. The van der Waals surface area contributed by atoms with Gasteiger partial charge in [-0.2, -0.15) is 0 Å². The molecule has 0 spiro atoms. The Kier molecular flexibility index (Phi) is 4.57. The molecule has 1 N–H and O–H groups in total. The van der Waals surface area contributed by atoms with Gasteiger partial charge in [0.05, 0.1) is 5.01 Å². The van der Waals surface area contributed by atoms with Crippen molar-refractivity contribution in [3.8, 4) is 0 Å². The lowest BCUT2D eigenvalue weighted by Crippen LogP contribution is -2.29. The number of aromatic nitrogens is 1. The average Bonchev–Trinajstić information content (AvgIpc) is 3.22. The van der Waals surface area contributed by atoms with Gasteiger partial charge in [-0.15, -0.1) is 11.3 Å². The molecule has 120 valence electrons. The summed E-state index contributed by atoms with van der Waals surface area (Å²) in [5.74, 6) is -0.943. The highest BCUT2D eigenvalue weighted by molar-refractivity contribution is 7.09. The van der Waals surface area contributed by atoms with E-state index in [4.69, 9.17) is 9.84 Å². The molecule has 3 rings (SSSR count). The van der Waals surface area contributed by atoms with Gasteiger partial charge in [-0.25, -0.2) is 14.6 Å². The van der Waals surface area contributed by atoms with Crippen LogP contribution in [-0.2, 0) is 11.3 Å². The Morgan fingerprint density at radius 2 is 2.13 bits per heavy atom. The minimum atomic E-state index is -1.02. The SMILES string of the molecule is O=C(O)c1csc(C2CCN(C(=O)OCc3ccccc3)C2)n1. The highest BCUT2D eigenvalue weighted by atomic mass is 32.1. The molecule has 1 aliphatic heterocycles. The van der Waals surface area contributed by atoms with Crippen molar-refractivity contribution in [3.63, 3.8) is 0 Å². The van der Waals surface area contributed by atoms with Crippen molar-refractivity contribution in [1.82, 2.24) is 9.88 Å². The van der Waals surface area contributed by atoms with E-state index in [0.29, 0.717) is 13.1 Å². The number of carbonyl (C=O) groups is 2. The summed E-state index contributed by atoms with van der Waals surface area (Å²) in [7, 11) is 0. The number of likely N-dealkylation sites (tertiary alicyclic amines) is 1. The lowest BCUT2D eigenvalue weighted by atomic mass is 10.1. The molecule has 6 nitrogen and oxygen atoms in total. The Morgan fingerprint density at radius 1 is 1.35 bits per heavy atom. The van der Waals surface area contributed by atoms with Gasteiger partial charge in [0.15, 0.2) is 5.69 Å². The summed E-state index contributed by atoms with van der Waals surface area (Å²) >= 11 is 1.33. The van der Waals surface area contributed by atoms with Crippen molar-refractivity contribution < 1.29 is 19.4 Å². The maximum Gasteiger partial charge on any atom is 0.410 e. The molecule has 1 aromatic carbocycles. The fourth-order valence-electron chi connectivity index (χ4n) is 2.51. The molecule has 1 aliphatic rings. The standard InChI is InChI=1S/C16H16N2O4S/c19-15(20)13-10-23-14(17-13)12-6-7-18(8-12)16(21)22-9-11-4-2-1-3-5-11/h1-5,10,12H,6-9H2,(H,19,20). The summed E-state index contributed by atoms with van der Waals surface area (Å²) in [6.45, 7) is 1.36. The van der Waals surface area contributed by atoms with Crippen LogP contribution in [0.4, 0.5) is 4.79 Å². The van der Waals surface area contributed by atoms with Crippen LogP contribution in [0, 0.1) is 0 Å². The van der Waals surface area contributed by atoms with Crippen LogP contribution in [0.5, 0.6) is 0 Å². The number of hydrogen-bond donors (Lipinski definition) is 1. The van der Waals surface area contributed by atoms with Crippen LogP contribution in [0.15, 0.2) is 35.7 Å². The van der Waals surface area contributed by atoms with Gasteiger partial charge in [0, 0.05) is 24.4 Å². The summed E-state index contributed by atoms with van der Waals surface area (Å²) < 4.78 is 5.32. The first-order valence-electron chi connectivity index (χ1n) is 7.28. The van der Waals surface area contributed by atoms with Crippen LogP contribution in [0.1, 0.15) is 33.4 Å². The van der Waals surface area contributed by atoms with E-state index in [2.05, 4.69) is 4.98 Å². The number of benzene rings is 1. The van der Waals surface area contributed by atoms with E-state index in [1.165, 1.54) is 16.7 Å². The molecular weight excluding hydrogens is 316 g/mol. The number of nitrogens with zero attached hydrogens (tertiary/aromatic N) is 2. The highest BCUT2D eigenvalue weighted by Gasteiger charge is 2.30. The fourth-order valence-corrected chi connectivity index (χ4v) is 3.43. The minimum Gasteiger partial charge on any atom is -0.476 e. The van der Waals surface area contributed by atoms with Gasteiger partial charge in [0.1, 0.15) is 6.61 Å². The van der Waals surface area contributed by atoms with Crippen molar-refractivity contribution in [1.29, 1.82) is 0 Å². The molecule has 1 saturated heterocycles. The number of hydrogen-bond acceptors (Lipinski definition) is 5. The van der Waals surface area contributed by atoms with Crippen LogP contribution in [0.2, 0.25) is 0 Å². The second kappa shape index (κ2) is 6.78. The van der Waals surface area contributed by atoms with Gasteiger partial charge >= 0.3 is 12.1 Å². The Labute approximate surface area is 137 Å². The average molecular weight is 332 g/mol. The summed E-state index contributed by atoms with van der Waals surface area (Å²) in [4.78, 5) is 28.8. The third kappa shape index (κ3) is 3.68. The molecule has 0 aliphatic carbocycles. The van der Waals surface area contributed by atoms with Gasteiger partial charge in [-0.1, -0.05) is 30.3 Å². The normalized spacial score (nSPS) is 17.2. The van der Waals surface area contributed by atoms with Crippen LogP contribution < -0.4 is 0 Å². The Bertz CT molecular complexity index is 701. The lowest BCUT2D eigenvalue weighted by Gasteiger charge is -2.16. The number of aromatic carboxylic acids is 1. The van der Waals surface area contributed by atoms with Crippen LogP contribution >= 0.6 is 11.3 Å². The van der Waals surface area contributed by atoms with Gasteiger partial charge < -0.3 is 14.7 Å². The number of carbonyl (C=O) groups excluding carboxylic acids is 1. The van der Waals surface area contributed by atoms with E-state index in [1.807, 2.05) is 30.3 Å². The van der Waals surface area contributed by atoms with Gasteiger partial charge in [0.25, 0.3) is 0 Å². The Morgan fingerprint density at radius 3 is 2.83 bits per heavy atom. The topological polar surface area (TPSA) is 79.7 Å². The molecule has 2 aromatic rings. The molecule has 1 amide bonds. The number of rotatable bonds is 4. The monoisotopic (exact) mass is 332 g/mol.